The Kier molecular flexibility index (Phi) is 6.64. The fraction of sp³-hybridized carbons (Fsp3) is 0.292. The summed E-state index contributed by atoms with van der Waals surface area (Å²) in [5, 5.41) is 1.93. The number of carbonyl (C=O) groups excluding carboxylic acids is 1. The molecule has 1 aromatic heterocycles. The number of hydrogen-bond acceptors (Lipinski definition) is 5. The molecule has 0 radical (unpaired) electrons. The third-order valence-electron chi connectivity index (χ3n) is 5.52. The maximum Gasteiger partial charge on any atom is 0.264 e. The number of thiophene rings is 1. The zero-order chi connectivity index (χ0) is 22.7. The van der Waals surface area contributed by atoms with E-state index in [1.54, 1.807) is 29.2 Å². The Balaban J connectivity index is 1.44. The molecule has 1 saturated heterocycles. The first kappa shape index (κ1) is 22.5. The predicted molar refractivity (Wildman–Crippen MR) is 127 cm³/mol. The minimum Gasteiger partial charge on any atom is -0.494 e. The average Bonchev–Trinajstić information content (AvgIpc) is 3.30. The molecule has 0 aliphatic carbocycles. The Labute approximate surface area is 193 Å². The van der Waals surface area contributed by atoms with Gasteiger partial charge in [0.1, 0.15) is 5.75 Å². The van der Waals surface area contributed by atoms with E-state index in [-0.39, 0.29) is 23.9 Å². The van der Waals surface area contributed by atoms with Crippen molar-refractivity contribution < 1.29 is 17.9 Å². The van der Waals surface area contributed by atoms with E-state index in [2.05, 4.69) is 0 Å². The lowest BCUT2D eigenvalue weighted by Crippen LogP contribution is -2.50. The molecule has 8 heteroatoms. The highest BCUT2D eigenvalue weighted by Gasteiger charge is 2.31. The van der Waals surface area contributed by atoms with Crippen LogP contribution in [0.25, 0.3) is 11.1 Å². The number of ether oxygens (including phenoxy) is 1. The summed E-state index contributed by atoms with van der Waals surface area (Å²) in [4.78, 5) is 15.9. The van der Waals surface area contributed by atoms with Gasteiger partial charge in [-0.25, -0.2) is 8.42 Å². The quantitative estimate of drug-likeness (QED) is 0.540. The summed E-state index contributed by atoms with van der Waals surface area (Å²) < 4.78 is 32.9. The summed E-state index contributed by atoms with van der Waals surface area (Å²) in [6.45, 7) is 5.70. The molecular formula is C24H26N2O4S2. The second-order valence-corrected chi connectivity index (χ2v) is 10.5. The predicted octanol–water partition coefficient (Wildman–Crippen LogP) is 4.27. The van der Waals surface area contributed by atoms with Gasteiger partial charge >= 0.3 is 0 Å². The molecule has 1 amide bonds. The summed E-state index contributed by atoms with van der Waals surface area (Å²) >= 11 is 1.42. The van der Waals surface area contributed by atoms with Crippen LogP contribution in [0.4, 0.5) is 0 Å². The highest BCUT2D eigenvalue weighted by molar-refractivity contribution is 7.89. The molecule has 3 aromatic rings. The number of aryl methyl sites for hydroxylation is 1. The van der Waals surface area contributed by atoms with Gasteiger partial charge in [-0.2, -0.15) is 4.31 Å². The van der Waals surface area contributed by atoms with E-state index in [0.717, 1.165) is 11.1 Å². The second kappa shape index (κ2) is 9.44. The average molecular weight is 471 g/mol. The first-order valence-electron chi connectivity index (χ1n) is 10.6. The van der Waals surface area contributed by atoms with Crippen LogP contribution in [0.1, 0.15) is 22.2 Å². The van der Waals surface area contributed by atoms with Gasteiger partial charge in [0, 0.05) is 31.7 Å². The summed E-state index contributed by atoms with van der Waals surface area (Å²) in [6.07, 6.45) is 0. The normalized spacial score (nSPS) is 15.0. The molecule has 0 atom stereocenters. The molecule has 6 nitrogen and oxygen atoms in total. The molecule has 32 heavy (non-hydrogen) atoms. The van der Waals surface area contributed by atoms with Crippen molar-refractivity contribution >= 4 is 27.3 Å². The van der Waals surface area contributed by atoms with Gasteiger partial charge in [-0.05, 0) is 55.1 Å². The van der Waals surface area contributed by atoms with Crippen molar-refractivity contribution in [2.45, 2.75) is 18.7 Å². The molecule has 2 heterocycles. The number of rotatable bonds is 6. The summed E-state index contributed by atoms with van der Waals surface area (Å²) in [6, 6.07) is 16.5. The molecule has 4 rings (SSSR count). The van der Waals surface area contributed by atoms with Crippen LogP contribution in [-0.2, 0) is 10.0 Å². The molecule has 2 aromatic carbocycles. The van der Waals surface area contributed by atoms with Gasteiger partial charge in [-0.3, -0.25) is 4.79 Å². The highest BCUT2D eigenvalue weighted by atomic mass is 32.2. The van der Waals surface area contributed by atoms with Gasteiger partial charge in [0.05, 0.1) is 16.4 Å². The van der Waals surface area contributed by atoms with Crippen molar-refractivity contribution in [1.29, 1.82) is 0 Å². The Hall–Kier alpha value is -2.68. The number of carbonyl (C=O) groups is 1. The molecular weight excluding hydrogens is 444 g/mol. The third kappa shape index (κ3) is 4.57. The first-order chi connectivity index (χ1) is 15.4. The van der Waals surface area contributed by atoms with Crippen molar-refractivity contribution in [1.82, 2.24) is 9.21 Å². The molecule has 0 N–H and O–H groups in total. The zero-order valence-corrected chi connectivity index (χ0v) is 19.8. The number of sulfonamides is 1. The Morgan fingerprint density at radius 2 is 1.62 bits per heavy atom. The van der Waals surface area contributed by atoms with Gasteiger partial charge in [0.25, 0.3) is 5.91 Å². The van der Waals surface area contributed by atoms with Crippen LogP contribution in [0, 0.1) is 6.92 Å². The summed E-state index contributed by atoms with van der Waals surface area (Å²) in [5.74, 6) is 0.593. The first-order valence-corrected chi connectivity index (χ1v) is 12.9. The van der Waals surface area contributed by atoms with Crippen LogP contribution in [0.15, 0.2) is 64.9 Å². The lowest BCUT2D eigenvalue weighted by atomic mass is 10.0. The van der Waals surface area contributed by atoms with E-state index in [1.807, 2.05) is 49.6 Å². The van der Waals surface area contributed by atoms with E-state index in [1.165, 1.54) is 21.2 Å². The molecule has 0 bridgehead atoms. The largest absolute Gasteiger partial charge is 0.494 e. The third-order valence-corrected chi connectivity index (χ3v) is 8.34. The van der Waals surface area contributed by atoms with Gasteiger partial charge in [-0.1, -0.05) is 29.8 Å². The van der Waals surface area contributed by atoms with E-state index < -0.39 is 10.0 Å². The number of nitrogens with zero attached hydrogens (tertiary/aromatic N) is 2. The van der Waals surface area contributed by atoms with E-state index in [4.69, 9.17) is 4.74 Å². The van der Waals surface area contributed by atoms with Gasteiger partial charge < -0.3 is 9.64 Å². The minimum absolute atomic E-state index is 0.0475. The fourth-order valence-electron chi connectivity index (χ4n) is 3.73. The monoisotopic (exact) mass is 470 g/mol. The van der Waals surface area contributed by atoms with Crippen molar-refractivity contribution in [3.05, 3.63) is 70.4 Å². The van der Waals surface area contributed by atoms with Crippen LogP contribution in [0.2, 0.25) is 0 Å². The van der Waals surface area contributed by atoms with Gasteiger partial charge in [0.2, 0.25) is 10.0 Å². The van der Waals surface area contributed by atoms with E-state index in [0.29, 0.717) is 30.3 Å². The zero-order valence-electron chi connectivity index (χ0n) is 18.2. The van der Waals surface area contributed by atoms with Crippen molar-refractivity contribution in [3.63, 3.8) is 0 Å². The maximum atomic E-state index is 13.2. The summed E-state index contributed by atoms with van der Waals surface area (Å²) in [5.41, 5.74) is 3.10. The number of hydrogen-bond donors (Lipinski definition) is 0. The number of piperazine rings is 1. The molecule has 1 aliphatic rings. The van der Waals surface area contributed by atoms with E-state index >= 15 is 0 Å². The number of amides is 1. The molecule has 168 valence electrons. The Bertz CT molecular complexity index is 1180. The Morgan fingerprint density at radius 1 is 0.969 bits per heavy atom. The van der Waals surface area contributed by atoms with Crippen LogP contribution >= 0.6 is 11.3 Å². The standard InChI is InChI=1S/C24H26N2O4S2/c1-3-30-20-8-10-21(11-9-20)32(28,29)26-15-13-25(14-16-26)24(27)23-22(12-17-31-23)19-6-4-18(2)5-7-19/h4-12,17H,3,13-16H2,1-2H3. The van der Waals surface area contributed by atoms with Crippen LogP contribution in [0.5, 0.6) is 5.75 Å². The second-order valence-electron chi connectivity index (χ2n) is 7.63. The molecule has 0 spiro atoms. The van der Waals surface area contributed by atoms with Crippen molar-refractivity contribution in [2.24, 2.45) is 0 Å². The topological polar surface area (TPSA) is 66.9 Å². The van der Waals surface area contributed by atoms with Crippen LogP contribution < -0.4 is 4.74 Å². The van der Waals surface area contributed by atoms with E-state index in [9.17, 15) is 13.2 Å². The molecule has 0 unspecified atom stereocenters. The van der Waals surface area contributed by atoms with Gasteiger partial charge in [0.15, 0.2) is 0 Å². The summed E-state index contributed by atoms with van der Waals surface area (Å²) in [7, 11) is -3.61. The fourth-order valence-corrected chi connectivity index (χ4v) is 6.04. The molecule has 0 saturated carbocycles. The lowest BCUT2D eigenvalue weighted by Gasteiger charge is -2.34. The lowest BCUT2D eigenvalue weighted by molar-refractivity contribution is 0.0703. The van der Waals surface area contributed by atoms with Gasteiger partial charge in [-0.15, -0.1) is 11.3 Å². The van der Waals surface area contributed by atoms with Crippen molar-refractivity contribution in [2.75, 3.05) is 32.8 Å². The van der Waals surface area contributed by atoms with Crippen LogP contribution in [0.3, 0.4) is 0 Å². The SMILES string of the molecule is CCOc1ccc(S(=O)(=O)N2CCN(C(=O)c3sccc3-c3ccc(C)cc3)CC2)cc1. The smallest absolute Gasteiger partial charge is 0.264 e. The number of benzene rings is 2. The maximum absolute atomic E-state index is 13.2. The molecule has 1 aliphatic heterocycles. The Morgan fingerprint density at radius 3 is 2.25 bits per heavy atom. The van der Waals surface area contributed by atoms with Crippen molar-refractivity contribution in [3.8, 4) is 16.9 Å². The molecule has 1 fully saturated rings. The highest BCUT2D eigenvalue weighted by Crippen LogP contribution is 2.30. The minimum atomic E-state index is -3.61. The van der Waals surface area contributed by atoms with Crippen LogP contribution in [-0.4, -0.2) is 56.3 Å².